The maximum atomic E-state index is 12.0. The zero-order valence-electron chi connectivity index (χ0n) is 9.35. The van der Waals surface area contributed by atoms with Crippen LogP contribution in [0.1, 0.15) is 32.1 Å². The molecular weight excluding hydrogens is 204 g/mol. The minimum absolute atomic E-state index is 0.0764. The van der Waals surface area contributed by atoms with E-state index in [-0.39, 0.29) is 5.78 Å². The van der Waals surface area contributed by atoms with E-state index in [9.17, 15) is 15.0 Å². The van der Waals surface area contributed by atoms with Gasteiger partial charge in [-0.25, -0.2) is 0 Å². The van der Waals surface area contributed by atoms with Crippen molar-refractivity contribution in [3.05, 3.63) is 12.7 Å². The highest BCUT2D eigenvalue weighted by atomic mass is 16.3. The predicted octanol–water partition coefficient (Wildman–Crippen LogP) is 1.04. The lowest BCUT2D eigenvalue weighted by molar-refractivity contribution is -0.236. The van der Waals surface area contributed by atoms with Crippen LogP contribution in [0, 0.1) is 17.3 Å². The highest BCUT2D eigenvalue weighted by molar-refractivity contribution is 5.95. The van der Waals surface area contributed by atoms with Gasteiger partial charge in [0.1, 0.15) is 0 Å². The van der Waals surface area contributed by atoms with E-state index in [1.165, 1.54) is 6.08 Å². The molecule has 0 radical (unpaired) electrons. The van der Waals surface area contributed by atoms with Gasteiger partial charge in [-0.05, 0) is 50.0 Å². The van der Waals surface area contributed by atoms with Crippen LogP contribution in [0.5, 0.6) is 0 Å². The second-order valence-corrected chi connectivity index (χ2v) is 6.01. The van der Waals surface area contributed by atoms with Crippen LogP contribution < -0.4 is 0 Å². The number of allylic oxidation sites excluding steroid dienone is 1. The average molecular weight is 222 g/mol. The number of carbonyl (C=O) groups is 1. The quantitative estimate of drug-likeness (QED) is 0.686. The molecule has 2 N–H and O–H groups in total. The van der Waals surface area contributed by atoms with E-state index >= 15 is 0 Å². The molecular formula is C13H18O3. The van der Waals surface area contributed by atoms with Gasteiger partial charge in [0, 0.05) is 0 Å². The van der Waals surface area contributed by atoms with Crippen LogP contribution in [0.2, 0.25) is 0 Å². The van der Waals surface area contributed by atoms with Crippen molar-refractivity contribution in [1.29, 1.82) is 0 Å². The summed E-state index contributed by atoms with van der Waals surface area (Å²) < 4.78 is 0. The summed E-state index contributed by atoms with van der Waals surface area (Å²) in [5, 5.41) is 20.8. The fraction of sp³-hybridized carbons (Fsp3) is 0.769. The first-order valence-corrected chi connectivity index (χ1v) is 6.07. The summed E-state index contributed by atoms with van der Waals surface area (Å²) >= 11 is 0. The molecule has 3 heteroatoms. The largest absolute Gasteiger partial charge is 0.389 e. The van der Waals surface area contributed by atoms with Crippen molar-refractivity contribution in [3.8, 4) is 0 Å². The molecule has 0 amide bonds. The van der Waals surface area contributed by atoms with Crippen LogP contribution in [0.3, 0.4) is 0 Å². The maximum Gasteiger partial charge on any atom is 0.163 e. The Morgan fingerprint density at radius 3 is 2.31 bits per heavy atom. The van der Waals surface area contributed by atoms with E-state index in [1.54, 1.807) is 0 Å². The minimum atomic E-state index is -1.01. The van der Waals surface area contributed by atoms with E-state index in [0.717, 1.165) is 19.3 Å². The Morgan fingerprint density at radius 2 is 1.81 bits per heavy atom. The van der Waals surface area contributed by atoms with Gasteiger partial charge in [-0.15, -0.1) is 0 Å². The van der Waals surface area contributed by atoms with Gasteiger partial charge in [0.05, 0.1) is 17.1 Å². The Bertz CT molecular complexity index is 346. The van der Waals surface area contributed by atoms with Crippen molar-refractivity contribution >= 4 is 5.78 Å². The molecule has 4 fully saturated rings. The highest BCUT2D eigenvalue weighted by Gasteiger charge is 2.65. The van der Waals surface area contributed by atoms with Gasteiger partial charge < -0.3 is 10.2 Å². The fourth-order valence-electron chi connectivity index (χ4n) is 4.65. The molecule has 3 unspecified atom stereocenters. The molecule has 0 heterocycles. The Hall–Kier alpha value is -0.670. The molecule has 0 aromatic heterocycles. The fourth-order valence-corrected chi connectivity index (χ4v) is 4.65. The molecule has 3 atom stereocenters. The van der Waals surface area contributed by atoms with Gasteiger partial charge in [-0.1, -0.05) is 6.58 Å². The number of rotatable bonds is 2. The van der Waals surface area contributed by atoms with Gasteiger partial charge in [-0.3, -0.25) is 4.79 Å². The molecule has 16 heavy (non-hydrogen) atoms. The third-order valence-corrected chi connectivity index (χ3v) is 4.97. The number of ketones is 1. The standard InChI is InChI=1S/C13H18O3/c1-2-10(14)12-4-8-3-9(5-12)7-13(16,6-8)11(12)15/h2,8-9,11,15-16H,1,3-7H2. The van der Waals surface area contributed by atoms with Crippen molar-refractivity contribution in [1.82, 2.24) is 0 Å². The van der Waals surface area contributed by atoms with Gasteiger partial charge in [0.25, 0.3) is 0 Å². The monoisotopic (exact) mass is 222 g/mol. The first-order chi connectivity index (χ1) is 7.50. The van der Waals surface area contributed by atoms with Crippen molar-refractivity contribution in [2.45, 2.75) is 43.8 Å². The molecule has 0 aliphatic heterocycles. The molecule has 88 valence electrons. The SMILES string of the molecule is C=CC(=O)C12CC3CC(CC(O)(C3)C1O)C2. The molecule has 0 saturated heterocycles. The van der Waals surface area contributed by atoms with Crippen molar-refractivity contribution in [2.24, 2.45) is 17.3 Å². The molecule has 0 spiro atoms. The predicted molar refractivity (Wildman–Crippen MR) is 58.7 cm³/mol. The Labute approximate surface area is 95.2 Å². The third kappa shape index (κ3) is 1.08. The lowest BCUT2D eigenvalue weighted by Crippen LogP contribution is -2.67. The van der Waals surface area contributed by atoms with Gasteiger partial charge in [0.15, 0.2) is 5.78 Å². The number of hydrogen-bond acceptors (Lipinski definition) is 3. The Morgan fingerprint density at radius 1 is 1.25 bits per heavy atom. The number of hydrogen-bond donors (Lipinski definition) is 2. The second kappa shape index (κ2) is 2.96. The number of carbonyl (C=O) groups excluding carboxylic acids is 1. The molecule has 0 aromatic carbocycles. The average Bonchev–Trinajstić information content (AvgIpc) is 2.23. The highest BCUT2D eigenvalue weighted by Crippen LogP contribution is 2.61. The first-order valence-electron chi connectivity index (χ1n) is 6.07. The van der Waals surface area contributed by atoms with Crippen LogP contribution in [-0.4, -0.2) is 27.7 Å². The molecule has 4 rings (SSSR count). The molecule has 3 nitrogen and oxygen atoms in total. The Kier molecular flexibility index (Phi) is 1.94. The lowest BCUT2D eigenvalue weighted by Gasteiger charge is -2.61. The molecule has 4 aliphatic carbocycles. The van der Waals surface area contributed by atoms with Gasteiger partial charge in [0.2, 0.25) is 0 Å². The maximum absolute atomic E-state index is 12.0. The summed E-state index contributed by atoms with van der Waals surface area (Å²) in [5.41, 5.74) is -1.73. The van der Waals surface area contributed by atoms with E-state index in [4.69, 9.17) is 0 Å². The van der Waals surface area contributed by atoms with Gasteiger partial charge in [-0.2, -0.15) is 0 Å². The minimum Gasteiger partial charge on any atom is -0.389 e. The summed E-state index contributed by atoms with van der Waals surface area (Å²) in [4.78, 5) is 12.0. The Balaban J connectivity index is 2.06. The molecule has 4 aliphatic rings. The van der Waals surface area contributed by atoms with Crippen LogP contribution >= 0.6 is 0 Å². The smallest absolute Gasteiger partial charge is 0.163 e. The summed E-state index contributed by atoms with van der Waals surface area (Å²) in [6.45, 7) is 3.53. The number of aliphatic hydroxyl groups is 2. The van der Waals surface area contributed by atoms with E-state index in [0.29, 0.717) is 24.7 Å². The van der Waals surface area contributed by atoms with Crippen molar-refractivity contribution < 1.29 is 15.0 Å². The summed E-state index contributed by atoms with van der Waals surface area (Å²) in [6, 6.07) is 0. The number of aliphatic hydroxyl groups excluding tert-OH is 1. The van der Waals surface area contributed by atoms with Crippen LogP contribution in [0.4, 0.5) is 0 Å². The normalized spacial score (nSPS) is 54.0. The van der Waals surface area contributed by atoms with Gasteiger partial charge >= 0.3 is 0 Å². The summed E-state index contributed by atoms with van der Waals surface area (Å²) in [7, 11) is 0. The molecule has 0 aromatic rings. The van der Waals surface area contributed by atoms with E-state index in [2.05, 4.69) is 6.58 Å². The zero-order valence-corrected chi connectivity index (χ0v) is 9.35. The third-order valence-electron chi connectivity index (χ3n) is 4.97. The summed E-state index contributed by atoms with van der Waals surface area (Å²) in [5.74, 6) is 0.738. The topological polar surface area (TPSA) is 57.5 Å². The van der Waals surface area contributed by atoms with Crippen molar-refractivity contribution in [3.63, 3.8) is 0 Å². The van der Waals surface area contributed by atoms with Crippen LogP contribution in [-0.2, 0) is 4.79 Å². The first kappa shape index (κ1) is 10.5. The van der Waals surface area contributed by atoms with Crippen molar-refractivity contribution in [2.75, 3.05) is 0 Å². The van der Waals surface area contributed by atoms with E-state index in [1.807, 2.05) is 0 Å². The second-order valence-electron chi connectivity index (χ2n) is 6.01. The van der Waals surface area contributed by atoms with Crippen LogP contribution in [0.15, 0.2) is 12.7 Å². The zero-order chi connectivity index (χ0) is 11.6. The lowest BCUT2D eigenvalue weighted by atomic mass is 9.45. The molecule has 4 bridgehead atoms. The summed E-state index contributed by atoms with van der Waals surface area (Å²) in [6.07, 6.45) is 4.34. The van der Waals surface area contributed by atoms with E-state index < -0.39 is 17.1 Å². The van der Waals surface area contributed by atoms with Crippen LogP contribution in [0.25, 0.3) is 0 Å². The molecule has 4 saturated carbocycles.